The lowest BCUT2D eigenvalue weighted by Crippen LogP contribution is -2.35. The van der Waals surface area contributed by atoms with Crippen molar-refractivity contribution >= 4 is 34.1 Å². The highest BCUT2D eigenvalue weighted by Crippen LogP contribution is 2.32. The maximum Gasteiger partial charge on any atom is 0.246 e. The molecule has 4 aromatic rings. The predicted molar refractivity (Wildman–Crippen MR) is 144 cm³/mol. The molecular formula is C27H29F2N7O4. The molecule has 2 aromatic carbocycles. The number of hydrogen-bond donors (Lipinski definition) is 3. The Morgan fingerprint density at radius 1 is 1.23 bits per heavy atom. The van der Waals surface area contributed by atoms with Gasteiger partial charge in [0.05, 0.1) is 36.8 Å². The van der Waals surface area contributed by atoms with Crippen LogP contribution in [-0.4, -0.2) is 75.1 Å². The van der Waals surface area contributed by atoms with Crippen molar-refractivity contribution in [3.63, 3.8) is 0 Å². The highest BCUT2D eigenvalue weighted by Gasteiger charge is 2.23. The molecule has 0 radical (unpaired) electrons. The quantitative estimate of drug-likeness (QED) is 0.256. The fourth-order valence-corrected chi connectivity index (χ4v) is 4.62. The summed E-state index contributed by atoms with van der Waals surface area (Å²) in [6.07, 6.45) is 6.76. The molecule has 1 atom stereocenters. The van der Waals surface area contributed by atoms with Crippen LogP contribution in [0.5, 0.6) is 11.5 Å². The first-order valence-electron chi connectivity index (χ1n) is 12.8. The molecule has 210 valence electrons. The maximum atomic E-state index is 13.8. The summed E-state index contributed by atoms with van der Waals surface area (Å²) in [7, 11) is 1.57. The Morgan fingerprint density at radius 3 is 2.92 bits per heavy atom. The molecule has 1 aliphatic rings. The molecule has 3 N–H and O–H groups in total. The number of amides is 1. The van der Waals surface area contributed by atoms with E-state index in [-0.39, 0.29) is 24.9 Å². The van der Waals surface area contributed by atoms with Crippen LogP contribution >= 0.6 is 0 Å². The topological polar surface area (TPSA) is 127 Å². The number of fused-ring (bicyclic) bond motifs is 1. The minimum atomic E-state index is -1.12. The normalized spacial score (nSPS) is 15.3. The van der Waals surface area contributed by atoms with Crippen molar-refractivity contribution in [2.45, 2.75) is 25.4 Å². The molecule has 0 unspecified atom stereocenters. The van der Waals surface area contributed by atoms with Crippen molar-refractivity contribution in [3.05, 3.63) is 60.6 Å². The van der Waals surface area contributed by atoms with E-state index in [1.807, 2.05) is 0 Å². The van der Waals surface area contributed by atoms with Gasteiger partial charge < -0.3 is 25.2 Å². The highest BCUT2D eigenvalue weighted by atomic mass is 19.2. The van der Waals surface area contributed by atoms with E-state index in [0.29, 0.717) is 41.8 Å². The van der Waals surface area contributed by atoms with Crippen molar-refractivity contribution in [1.82, 2.24) is 24.6 Å². The Balaban J connectivity index is 1.22. The van der Waals surface area contributed by atoms with Gasteiger partial charge in [-0.05, 0) is 37.6 Å². The van der Waals surface area contributed by atoms with Gasteiger partial charge in [0.2, 0.25) is 11.9 Å². The first-order valence-corrected chi connectivity index (χ1v) is 12.8. The SMILES string of the molecule is COc1cc2cnc(Nc3cnn(CC(=O)Nc4cccc(F)c4F)c3)nc2cc1OCCN1CCC[C@@H]1CO. The van der Waals surface area contributed by atoms with E-state index in [9.17, 15) is 18.7 Å². The molecule has 1 amide bonds. The minimum absolute atomic E-state index is 0.146. The zero-order valence-electron chi connectivity index (χ0n) is 21.8. The van der Waals surface area contributed by atoms with Gasteiger partial charge >= 0.3 is 0 Å². The number of ether oxygens (including phenoxy) is 2. The third-order valence-corrected chi connectivity index (χ3v) is 6.63. The maximum absolute atomic E-state index is 13.8. The van der Waals surface area contributed by atoms with Crippen LogP contribution in [-0.2, 0) is 11.3 Å². The van der Waals surface area contributed by atoms with Gasteiger partial charge in [-0.15, -0.1) is 0 Å². The molecule has 5 rings (SSSR count). The van der Waals surface area contributed by atoms with Crippen molar-refractivity contribution in [2.75, 3.05) is 44.0 Å². The second kappa shape index (κ2) is 12.2. The Labute approximate surface area is 228 Å². The molecule has 40 heavy (non-hydrogen) atoms. The summed E-state index contributed by atoms with van der Waals surface area (Å²) in [5.74, 6) is -1.33. The van der Waals surface area contributed by atoms with Gasteiger partial charge in [-0.1, -0.05) is 6.07 Å². The number of anilines is 3. The van der Waals surface area contributed by atoms with Crippen molar-refractivity contribution in [2.24, 2.45) is 0 Å². The summed E-state index contributed by atoms with van der Waals surface area (Å²) in [4.78, 5) is 23.4. The van der Waals surface area contributed by atoms with E-state index in [4.69, 9.17) is 9.47 Å². The van der Waals surface area contributed by atoms with Gasteiger partial charge in [0.25, 0.3) is 0 Å². The van der Waals surface area contributed by atoms with Crippen LogP contribution in [0.15, 0.2) is 48.9 Å². The number of benzene rings is 2. The van der Waals surface area contributed by atoms with Crippen LogP contribution in [0, 0.1) is 11.6 Å². The summed E-state index contributed by atoms with van der Waals surface area (Å²) in [5, 5.41) is 19.8. The number of hydrogen-bond acceptors (Lipinski definition) is 9. The summed E-state index contributed by atoms with van der Waals surface area (Å²) in [5.41, 5.74) is 0.912. The van der Waals surface area contributed by atoms with E-state index in [1.165, 1.54) is 23.0 Å². The van der Waals surface area contributed by atoms with E-state index in [2.05, 4.69) is 30.6 Å². The lowest BCUT2D eigenvalue weighted by atomic mass is 10.2. The molecular weight excluding hydrogens is 524 g/mol. The molecule has 1 fully saturated rings. The fourth-order valence-electron chi connectivity index (χ4n) is 4.62. The number of rotatable bonds is 11. The van der Waals surface area contributed by atoms with Crippen LogP contribution < -0.4 is 20.1 Å². The first-order chi connectivity index (χ1) is 19.4. The number of nitrogens with zero attached hydrogens (tertiary/aromatic N) is 5. The molecule has 0 saturated carbocycles. The molecule has 0 spiro atoms. The number of methoxy groups -OCH3 is 1. The third-order valence-electron chi connectivity index (χ3n) is 6.63. The molecule has 0 bridgehead atoms. The number of halogens is 2. The minimum Gasteiger partial charge on any atom is -0.493 e. The Morgan fingerprint density at radius 2 is 2.10 bits per heavy atom. The van der Waals surface area contributed by atoms with E-state index < -0.39 is 17.5 Å². The predicted octanol–water partition coefficient (Wildman–Crippen LogP) is 3.33. The Bertz CT molecular complexity index is 1500. The number of aromatic nitrogens is 4. The molecule has 1 saturated heterocycles. The molecule has 0 aliphatic carbocycles. The smallest absolute Gasteiger partial charge is 0.246 e. The standard InChI is InChI=1S/C27H29F2N7O4/c1-39-23-10-17-12-30-27(34-22(17)11-24(23)40-9-8-35-7-3-4-19(35)16-37)32-18-13-31-36(14-18)15-25(38)33-21-6-2-5-20(28)26(21)29/h2,5-6,10-14,19,37H,3-4,7-9,15-16H2,1H3,(H,33,38)(H,30,32,34)/t19-/m1/s1. The largest absolute Gasteiger partial charge is 0.493 e. The van der Waals surface area contributed by atoms with Crippen LogP contribution in [0.25, 0.3) is 10.9 Å². The Kier molecular flexibility index (Phi) is 8.31. The van der Waals surface area contributed by atoms with Gasteiger partial charge in [-0.3, -0.25) is 14.4 Å². The molecule has 2 aromatic heterocycles. The number of carbonyl (C=O) groups excluding carboxylic acids is 1. The average Bonchev–Trinajstić information content (AvgIpc) is 3.59. The van der Waals surface area contributed by atoms with Crippen molar-refractivity contribution in [3.8, 4) is 11.5 Å². The van der Waals surface area contributed by atoms with Crippen LogP contribution in [0.1, 0.15) is 12.8 Å². The molecule has 1 aliphatic heterocycles. The number of likely N-dealkylation sites (tertiary alicyclic amines) is 1. The Hall–Kier alpha value is -4.36. The summed E-state index contributed by atoms with van der Waals surface area (Å²) in [6, 6.07) is 7.32. The van der Waals surface area contributed by atoms with Crippen molar-refractivity contribution in [1.29, 1.82) is 0 Å². The monoisotopic (exact) mass is 553 g/mol. The highest BCUT2D eigenvalue weighted by molar-refractivity contribution is 5.90. The summed E-state index contributed by atoms with van der Waals surface area (Å²) < 4.78 is 40.1. The lowest BCUT2D eigenvalue weighted by molar-refractivity contribution is -0.116. The van der Waals surface area contributed by atoms with Crippen LogP contribution in [0.4, 0.5) is 26.1 Å². The van der Waals surface area contributed by atoms with Gasteiger partial charge in [0, 0.05) is 36.4 Å². The van der Waals surface area contributed by atoms with Gasteiger partial charge in [-0.2, -0.15) is 5.10 Å². The van der Waals surface area contributed by atoms with Crippen LogP contribution in [0.3, 0.4) is 0 Å². The molecule has 13 heteroatoms. The zero-order chi connectivity index (χ0) is 28.1. The fraction of sp³-hybridized carbons (Fsp3) is 0.333. The third kappa shape index (κ3) is 6.26. The van der Waals surface area contributed by atoms with Gasteiger partial charge in [0.15, 0.2) is 23.1 Å². The van der Waals surface area contributed by atoms with Gasteiger partial charge in [-0.25, -0.2) is 18.7 Å². The molecule has 3 heterocycles. The number of carbonyl (C=O) groups is 1. The summed E-state index contributed by atoms with van der Waals surface area (Å²) >= 11 is 0. The summed E-state index contributed by atoms with van der Waals surface area (Å²) in [6.45, 7) is 2.01. The van der Waals surface area contributed by atoms with Crippen LogP contribution in [0.2, 0.25) is 0 Å². The van der Waals surface area contributed by atoms with Crippen molar-refractivity contribution < 1.29 is 28.2 Å². The number of nitrogens with one attached hydrogen (secondary N) is 2. The second-order valence-corrected chi connectivity index (χ2v) is 9.32. The average molecular weight is 554 g/mol. The molecule has 11 nitrogen and oxygen atoms in total. The number of aliphatic hydroxyl groups is 1. The van der Waals surface area contributed by atoms with E-state index in [1.54, 1.807) is 31.6 Å². The first kappa shape index (κ1) is 27.2. The number of aliphatic hydroxyl groups excluding tert-OH is 1. The zero-order valence-corrected chi connectivity index (χ0v) is 21.8. The lowest BCUT2D eigenvalue weighted by Gasteiger charge is -2.22. The van der Waals surface area contributed by atoms with E-state index in [0.717, 1.165) is 30.8 Å². The second-order valence-electron chi connectivity index (χ2n) is 9.32. The van der Waals surface area contributed by atoms with E-state index >= 15 is 0 Å². The van der Waals surface area contributed by atoms with Gasteiger partial charge in [0.1, 0.15) is 13.2 Å².